The summed E-state index contributed by atoms with van der Waals surface area (Å²) in [6.07, 6.45) is 3.88. The number of methoxy groups -OCH3 is 1. The van der Waals surface area contributed by atoms with Crippen molar-refractivity contribution in [1.82, 2.24) is 4.57 Å². The molecule has 0 aliphatic carbocycles. The number of aromatic nitrogens is 2. The van der Waals surface area contributed by atoms with Gasteiger partial charge in [-0.25, -0.2) is 14.1 Å². The van der Waals surface area contributed by atoms with Crippen LogP contribution in [0.4, 0.5) is 5.69 Å². The van der Waals surface area contributed by atoms with Crippen molar-refractivity contribution in [3.8, 4) is 0 Å². The molecule has 4 nitrogen and oxygen atoms in total. The summed E-state index contributed by atoms with van der Waals surface area (Å²) in [6.45, 7) is 0. The lowest BCUT2D eigenvalue weighted by Gasteiger charge is -2.03. The normalized spacial score (nSPS) is 11.7. The van der Waals surface area contributed by atoms with Crippen molar-refractivity contribution in [1.29, 1.82) is 0 Å². The topological polar surface area (TPSA) is 30.4 Å². The average molecular weight is 265 g/mol. The van der Waals surface area contributed by atoms with Gasteiger partial charge in [-0.3, -0.25) is 0 Å². The first-order valence-corrected chi connectivity index (χ1v) is 5.90. The highest BCUT2D eigenvalue weighted by atomic mass is 35.5. The number of para-hydroxylation sites is 1. The van der Waals surface area contributed by atoms with Crippen LogP contribution in [0.3, 0.4) is 0 Å². The summed E-state index contributed by atoms with van der Waals surface area (Å²) < 4.78 is 9.25. The third-order valence-electron chi connectivity index (χ3n) is 2.64. The van der Waals surface area contributed by atoms with E-state index in [4.69, 9.17) is 16.3 Å². The summed E-state index contributed by atoms with van der Waals surface area (Å²) in [7, 11) is 5.48. The molecule has 0 fully saturated rings. The highest BCUT2D eigenvalue weighted by Gasteiger charge is 2.20. The smallest absolute Gasteiger partial charge is 0.344 e. The van der Waals surface area contributed by atoms with Crippen molar-refractivity contribution in [2.45, 2.75) is 0 Å². The molecular weight excluding hydrogens is 250 g/mol. The molecule has 1 heterocycles. The van der Waals surface area contributed by atoms with E-state index in [1.807, 2.05) is 53.8 Å². The van der Waals surface area contributed by atoms with Gasteiger partial charge in [0.05, 0.1) is 31.9 Å². The highest BCUT2D eigenvalue weighted by molar-refractivity contribution is 6.33. The molecule has 0 spiro atoms. The third-order valence-corrected chi connectivity index (χ3v) is 2.96. The first-order chi connectivity index (χ1) is 8.63. The standard InChI is InChI=1S/C13H15ClN3O/c1-16-8-9-17(2)13(16)12(18-3)15-11-7-5-4-6-10(11)14/h4-9H,1-3H3/q+1. The molecule has 0 saturated heterocycles. The van der Waals surface area contributed by atoms with Crippen LogP contribution in [0, 0.1) is 0 Å². The second-order valence-electron chi connectivity index (χ2n) is 3.92. The van der Waals surface area contributed by atoms with Gasteiger partial charge in [-0.05, 0) is 12.1 Å². The summed E-state index contributed by atoms with van der Waals surface area (Å²) >= 11 is 6.09. The highest BCUT2D eigenvalue weighted by Crippen LogP contribution is 2.24. The van der Waals surface area contributed by atoms with Gasteiger partial charge in [0, 0.05) is 0 Å². The van der Waals surface area contributed by atoms with Gasteiger partial charge in [-0.2, -0.15) is 0 Å². The number of benzene rings is 1. The van der Waals surface area contributed by atoms with Crippen LogP contribution in [-0.4, -0.2) is 17.6 Å². The summed E-state index contributed by atoms with van der Waals surface area (Å²) in [5.74, 6) is 1.40. The second kappa shape index (κ2) is 5.23. The lowest BCUT2D eigenvalue weighted by atomic mass is 10.3. The Bertz CT molecular complexity index is 570. The summed E-state index contributed by atoms with van der Waals surface area (Å²) in [4.78, 5) is 4.46. The molecule has 0 bridgehead atoms. The fourth-order valence-corrected chi connectivity index (χ4v) is 1.91. The number of ether oxygens (including phenoxy) is 1. The summed E-state index contributed by atoms with van der Waals surface area (Å²) in [5.41, 5.74) is 0.692. The molecular formula is C13H15ClN3O+. The monoisotopic (exact) mass is 264 g/mol. The van der Waals surface area contributed by atoms with Gasteiger partial charge in [0.1, 0.15) is 12.4 Å². The van der Waals surface area contributed by atoms with E-state index in [0.29, 0.717) is 16.6 Å². The van der Waals surface area contributed by atoms with E-state index in [1.165, 1.54) is 0 Å². The van der Waals surface area contributed by atoms with Crippen LogP contribution in [-0.2, 0) is 18.8 Å². The van der Waals surface area contributed by atoms with Crippen LogP contribution in [0.2, 0.25) is 5.02 Å². The molecule has 5 heteroatoms. The Labute approximate surface area is 111 Å². The van der Waals surface area contributed by atoms with Gasteiger partial charge in [0.2, 0.25) is 0 Å². The molecule has 0 atom stereocenters. The van der Waals surface area contributed by atoms with Gasteiger partial charge in [-0.15, -0.1) is 0 Å². The molecule has 0 N–H and O–H groups in total. The van der Waals surface area contributed by atoms with Crippen molar-refractivity contribution in [2.75, 3.05) is 7.11 Å². The molecule has 0 saturated carbocycles. The van der Waals surface area contributed by atoms with E-state index in [2.05, 4.69) is 4.99 Å². The lowest BCUT2D eigenvalue weighted by Crippen LogP contribution is -2.35. The van der Waals surface area contributed by atoms with Crippen LogP contribution in [0.5, 0.6) is 0 Å². The van der Waals surface area contributed by atoms with E-state index in [1.54, 1.807) is 13.2 Å². The molecule has 2 rings (SSSR count). The lowest BCUT2D eigenvalue weighted by molar-refractivity contribution is -0.672. The van der Waals surface area contributed by atoms with Gasteiger partial charge in [0.15, 0.2) is 0 Å². The van der Waals surface area contributed by atoms with Crippen LogP contribution in [0.15, 0.2) is 41.7 Å². The number of imidazole rings is 1. The summed E-state index contributed by atoms with van der Waals surface area (Å²) in [6, 6.07) is 7.42. The molecule has 0 aliphatic heterocycles. The van der Waals surface area contributed by atoms with E-state index in [9.17, 15) is 0 Å². The first kappa shape index (κ1) is 12.6. The Kier molecular flexibility index (Phi) is 3.67. The van der Waals surface area contributed by atoms with Crippen molar-refractivity contribution < 1.29 is 9.30 Å². The molecule has 0 radical (unpaired) electrons. The Morgan fingerprint density at radius 3 is 2.67 bits per heavy atom. The Balaban J connectivity index is 2.50. The molecule has 1 aromatic carbocycles. The van der Waals surface area contributed by atoms with E-state index in [-0.39, 0.29) is 0 Å². The maximum Gasteiger partial charge on any atom is 0.344 e. The Morgan fingerprint density at radius 1 is 1.39 bits per heavy atom. The largest absolute Gasteiger partial charge is 0.475 e. The number of nitrogens with zero attached hydrogens (tertiary/aromatic N) is 3. The Hall–Kier alpha value is -1.81. The minimum Gasteiger partial charge on any atom is -0.475 e. The third kappa shape index (κ3) is 2.38. The quantitative estimate of drug-likeness (QED) is 0.465. The zero-order valence-corrected chi connectivity index (χ0v) is 11.3. The average Bonchev–Trinajstić information content (AvgIpc) is 2.69. The van der Waals surface area contributed by atoms with E-state index < -0.39 is 0 Å². The second-order valence-corrected chi connectivity index (χ2v) is 4.32. The Morgan fingerprint density at radius 2 is 2.11 bits per heavy atom. The number of hydrogen-bond donors (Lipinski definition) is 0. The van der Waals surface area contributed by atoms with Crippen molar-refractivity contribution >= 4 is 23.2 Å². The van der Waals surface area contributed by atoms with E-state index >= 15 is 0 Å². The fraction of sp³-hybridized carbons (Fsp3) is 0.231. The molecule has 1 aromatic heterocycles. The number of rotatable bonds is 2. The molecule has 0 amide bonds. The zero-order chi connectivity index (χ0) is 13.1. The molecule has 0 aliphatic rings. The number of aliphatic imine (C=N–C) groups is 1. The van der Waals surface area contributed by atoms with Gasteiger partial charge < -0.3 is 4.74 Å². The first-order valence-electron chi connectivity index (χ1n) is 5.52. The maximum atomic E-state index is 6.09. The van der Waals surface area contributed by atoms with Gasteiger partial charge >= 0.3 is 11.7 Å². The molecule has 18 heavy (non-hydrogen) atoms. The number of aryl methyl sites for hydroxylation is 2. The zero-order valence-electron chi connectivity index (χ0n) is 10.6. The van der Waals surface area contributed by atoms with Crippen molar-refractivity contribution in [2.24, 2.45) is 19.1 Å². The minimum absolute atomic E-state index is 0.526. The number of halogens is 1. The predicted octanol–water partition coefficient (Wildman–Crippen LogP) is 2.23. The fourth-order valence-electron chi connectivity index (χ4n) is 1.73. The van der Waals surface area contributed by atoms with Crippen LogP contribution >= 0.6 is 11.6 Å². The van der Waals surface area contributed by atoms with Crippen molar-refractivity contribution in [3.05, 3.63) is 47.5 Å². The summed E-state index contributed by atoms with van der Waals surface area (Å²) in [5, 5.41) is 0.601. The van der Waals surface area contributed by atoms with Crippen molar-refractivity contribution in [3.63, 3.8) is 0 Å². The molecule has 2 aromatic rings. The van der Waals surface area contributed by atoms with Gasteiger partial charge in [0.25, 0.3) is 0 Å². The maximum absolute atomic E-state index is 6.09. The van der Waals surface area contributed by atoms with Crippen LogP contribution in [0.1, 0.15) is 5.82 Å². The number of hydrogen-bond acceptors (Lipinski definition) is 2. The SMILES string of the molecule is COC(=Nc1ccccc1Cl)c1n(C)cc[n+]1C. The van der Waals surface area contributed by atoms with Crippen LogP contribution in [0.25, 0.3) is 0 Å². The molecule has 94 valence electrons. The minimum atomic E-state index is 0.526. The van der Waals surface area contributed by atoms with Gasteiger partial charge in [-0.1, -0.05) is 23.7 Å². The molecule has 0 unspecified atom stereocenters. The van der Waals surface area contributed by atoms with Crippen LogP contribution < -0.4 is 4.57 Å². The predicted molar refractivity (Wildman–Crippen MR) is 71.2 cm³/mol. The van der Waals surface area contributed by atoms with E-state index in [0.717, 1.165) is 5.82 Å².